The van der Waals surface area contributed by atoms with E-state index in [0.717, 1.165) is 25.4 Å². The molecule has 1 saturated heterocycles. The molecule has 0 amide bonds. The molecule has 1 heterocycles. The van der Waals surface area contributed by atoms with E-state index in [1.54, 1.807) is 0 Å². The van der Waals surface area contributed by atoms with Gasteiger partial charge in [-0.05, 0) is 65.7 Å². The largest absolute Gasteiger partial charge is 0.326 e. The van der Waals surface area contributed by atoms with Crippen molar-refractivity contribution >= 4 is 0 Å². The topological polar surface area (TPSA) is 41.3 Å². The number of nitrogens with zero attached hydrogens (tertiary/aromatic N) is 1. The highest BCUT2D eigenvalue weighted by molar-refractivity contribution is 4.75. The average Bonchev–Trinajstić information content (AvgIpc) is 2.49. The summed E-state index contributed by atoms with van der Waals surface area (Å²) in [5.74, 6) is 0.911. The van der Waals surface area contributed by atoms with Gasteiger partial charge in [0.05, 0.1) is 0 Å². The van der Waals surface area contributed by atoms with E-state index < -0.39 is 0 Å². The van der Waals surface area contributed by atoms with Gasteiger partial charge in [0.15, 0.2) is 0 Å². The molecular weight excluding hydrogens is 186 g/mol. The SMILES string of the molecule is CN1CCC(CCNCCC(C)(C)N)C1. The Labute approximate surface area is 94.4 Å². The molecule has 0 aromatic heterocycles. The molecule has 0 aromatic carbocycles. The molecule has 1 rings (SSSR count). The van der Waals surface area contributed by atoms with Crippen molar-refractivity contribution in [1.82, 2.24) is 10.2 Å². The van der Waals surface area contributed by atoms with Gasteiger partial charge < -0.3 is 16.0 Å². The van der Waals surface area contributed by atoms with Crippen molar-refractivity contribution in [3.05, 3.63) is 0 Å². The maximum atomic E-state index is 5.91. The predicted octanol–water partition coefficient (Wildman–Crippen LogP) is 1.05. The molecule has 0 bridgehead atoms. The van der Waals surface area contributed by atoms with Crippen LogP contribution in [0.25, 0.3) is 0 Å². The third-order valence-corrected chi connectivity index (χ3v) is 3.16. The van der Waals surface area contributed by atoms with Crippen molar-refractivity contribution in [2.45, 2.75) is 38.6 Å². The number of nitrogens with one attached hydrogen (secondary N) is 1. The number of rotatable bonds is 6. The van der Waals surface area contributed by atoms with Crippen molar-refractivity contribution in [1.29, 1.82) is 0 Å². The first-order valence-electron chi connectivity index (χ1n) is 6.15. The second-order valence-corrected chi connectivity index (χ2v) is 5.69. The summed E-state index contributed by atoms with van der Waals surface area (Å²) in [7, 11) is 2.21. The Hall–Kier alpha value is -0.120. The lowest BCUT2D eigenvalue weighted by molar-refractivity contribution is 0.382. The van der Waals surface area contributed by atoms with Crippen LogP contribution in [0.1, 0.15) is 33.1 Å². The van der Waals surface area contributed by atoms with Gasteiger partial charge in [-0.25, -0.2) is 0 Å². The van der Waals surface area contributed by atoms with Gasteiger partial charge in [-0.1, -0.05) is 0 Å². The Balaban J connectivity index is 1.93. The summed E-state index contributed by atoms with van der Waals surface area (Å²) in [6, 6.07) is 0. The molecule has 90 valence electrons. The number of hydrogen-bond donors (Lipinski definition) is 2. The summed E-state index contributed by atoms with van der Waals surface area (Å²) in [6.45, 7) is 8.92. The first-order chi connectivity index (χ1) is 6.97. The Morgan fingerprint density at radius 3 is 2.67 bits per heavy atom. The van der Waals surface area contributed by atoms with Gasteiger partial charge in [0.2, 0.25) is 0 Å². The lowest BCUT2D eigenvalue weighted by Gasteiger charge is -2.18. The maximum Gasteiger partial charge on any atom is 0.0109 e. The van der Waals surface area contributed by atoms with Crippen molar-refractivity contribution in [3.8, 4) is 0 Å². The van der Waals surface area contributed by atoms with Gasteiger partial charge in [0, 0.05) is 12.1 Å². The van der Waals surface area contributed by atoms with Gasteiger partial charge in [-0.2, -0.15) is 0 Å². The Bertz CT molecular complexity index is 174. The maximum absolute atomic E-state index is 5.91. The third-order valence-electron chi connectivity index (χ3n) is 3.16. The van der Waals surface area contributed by atoms with Crippen LogP contribution in [0.5, 0.6) is 0 Å². The number of likely N-dealkylation sites (tertiary alicyclic amines) is 1. The summed E-state index contributed by atoms with van der Waals surface area (Å²) < 4.78 is 0. The van der Waals surface area contributed by atoms with Crippen LogP contribution in [-0.2, 0) is 0 Å². The molecule has 0 spiro atoms. The van der Waals surface area contributed by atoms with E-state index >= 15 is 0 Å². The molecule has 1 aliphatic rings. The molecule has 3 heteroatoms. The van der Waals surface area contributed by atoms with Crippen molar-refractivity contribution < 1.29 is 0 Å². The monoisotopic (exact) mass is 213 g/mol. The van der Waals surface area contributed by atoms with Crippen LogP contribution in [0.3, 0.4) is 0 Å². The van der Waals surface area contributed by atoms with Crippen LogP contribution in [-0.4, -0.2) is 43.7 Å². The Morgan fingerprint density at radius 1 is 1.40 bits per heavy atom. The minimum Gasteiger partial charge on any atom is -0.326 e. The summed E-state index contributed by atoms with van der Waals surface area (Å²) in [5.41, 5.74) is 5.88. The quantitative estimate of drug-likeness (QED) is 0.648. The Morgan fingerprint density at radius 2 is 2.13 bits per heavy atom. The first kappa shape index (κ1) is 12.9. The van der Waals surface area contributed by atoms with Crippen LogP contribution in [0.15, 0.2) is 0 Å². The highest BCUT2D eigenvalue weighted by atomic mass is 15.1. The molecule has 0 aromatic rings. The summed E-state index contributed by atoms with van der Waals surface area (Å²) in [4.78, 5) is 2.42. The lowest BCUT2D eigenvalue weighted by atomic mass is 10.0. The number of hydrogen-bond acceptors (Lipinski definition) is 3. The van der Waals surface area contributed by atoms with Gasteiger partial charge in [-0.3, -0.25) is 0 Å². The zero-order chi connectivity index (χ0) is 11.3. The molecule has 0 radical (unpaired) electrons. The van der Waals surface area contributed by atoms with Crippen LogP contribution in [0.4, 0.5) is 0 Å². The van der Waals surface area contributed by atoms with Crippen LogP contribution in [0, 0.1) is 5.92 Å². The van der Waals surface area contributed by atoms with Crippen LogP contribution < -0.4 is 11.1 Å². The van der Waals surface area contributed by atoms with Gasteiger partial charge >= 0.3 is 0 Å². The second-order valence-electron chi connectivity index (χ2n) is 5.69. The van der Waals surface area contributed by atoms with E-state index in [-0.39, 0.29) is 5.54 Å². The fourth-order valence-corrected chi connectivity index (χ4v) is 2.10. The van der Waals surface area contributed by atoms with Crippen molar-refractivity contribution in [2.75, 3.05) is 33.2 Å². The molecule has 1 unspecified atom stereocenters. The van der Waals surface area contributed by atoms with Gasteiger partial charge in [-0.15, -0.1) is 0 Å². The molecule has 3 N–H and O–H groups in total. The smallest absolute Gasteiger partial charge is 0.0109 e. The highest BCUT2D eigenvalue weighted by Gasteiger charge is 2.18. The van der Waals surface area contributed by atoms with E-state index in [2.05, 4.69) is 31.1 Å². The lowest BCUT2D eigenvalue weighted by Crippen LogP contribution is -2.36. The minimum absolute atomic E-state index is 0.0272. The normalized spacial score (nSPS) is 23.6. The first-order valence-corrected chi connectivity index (χ1v) is 6.15. The molecule has 3 nitrogen and oxygen atoms in total. The standard InChI is InChI=1S/C12H27N3/c1-12(2,13)6-8-14-7-4-11-5-9-15(3)10-11/h11,14H,4-10,13H2,1-3H3. The van der Waals surface area contributed by atoms with Crippen LogP contribution >= 0.6 is 0 Å². The predicted molar refractivity (Wildman–Crippen MR) is 66.0 cm³/mol. The fraction of sp³-hybridized carbons (Fsp3) is 1.00. The fourth-order valence-electron chi connectivity index (χ4n) is 2.10. The zero-order valence-electron chi connectivity index (χ0n) is 10.6. The summed E-state index contributed by atoms with van der Waals surface area (Å²) in [6.07, 6.45) is 3.74. The molecule has 1 fully saturated rings. The second kappa shape index (κ2) is 5.83. The van der Waals surface area contributed by atoms with Crippen LogP contribution in [0.2, 0.25) is 0 Å². The molecule has 1 aliphatic heterocycles. The van der Waals surface area contributed by atoms with E-state index in [9.17, 15) is 0 Å². The van der Waals surface area contributed by atoms with E-state index in [1.165, 1.54) is 25.9 Å². The molecule has 15 heavy (non-hydrogen) atoms. The molecular formula is C12H27N3. The van der Waals surface area contributed by atoms with Crippen molar-refractivity contribution in [3.63, 3.8) is 0 Å². The van der Waals surface area contributed by atoms with Gasteiger partial charge in [0.25, 0.3) is 0 Å². The van der Waals surface area contributed by atoms with E-state index in [1.807, 2.05) is 0 Å². The Kier molecular flexibility index (Phi) is 5.03. The van der Waals surface area contributed by atoms with Crippen molar-refractivity contribution in [2.24, 2.45) is 11.7 Å². The zero-order valence-corrected chi connectivity index (χ0v) is 10.6. The van der Waals surface area contributed by atoms with E-state index in [4.69, 9.17) is 5.73 Å². The molecule has 1 atom stereocenters. The molecule has 0 aliphatic carbocycles. The van der Waals surface area contributed by atoms with E-state index in [0.29, 0.717) is 0 Å². The summed E-state index contributed by atoms with van der Waals surface area (Å²) >= 11 is 0. The highest BCUT2D eigenvalue weighted by Crippen LogP contribution is 2.16. The number of nitrogens with two attached hydrogens (primary N) is 1. The summed E-state index contributed by atoms with van der Waals surface area (Å²) in [5, 5.41) is 3.49. The minimum atomic E-state index is -0.0272. The average molecular weight is 213 g/mol. The molecule has 0 saturated carbocycles. The third kappa shape index (κ3) is 6.13. The van der Waals surface area contributed by atoms with Gasteiger partial charge in [0.1, 0.15) is 0 Å².